The van der Waals surface area contributed by atoms with Crippen LogP contribution in [-0.2, 0) is 13.0 Å². The number of hydrogen-bond acceptors (Lipinski definition) is 3. The van der Waals surface area contributed by atoms with Gasteiger partial charge in [-0.05, 0) is 85.5 Å². The van der Waals surface area contributed by atoms with Crippen LogP contribution in [0.3, 0.4) is 0 Å². The first-order chi connectivity index (χ1) is 19.5. The third-order valence-corrected chi connectivity index (χ3v) is 7.47. The lowest BCUT2D eigenvalue weighted by molar-refractivity contribution is 0.194. The fraction of sp³-hybridized carbons (Fsp3) is 0.212. The third kappa shape index (κ3) is 4.53. The molecule has 5 aromatic rings. The van der Waals surface area contributed by atoms with Crippen molar-refractivity contribution in [3.8, 4) is 17.3 Å². The summed E-state index contributed by atoms with van der Waals surface area (Å²) in [6.07, 6.45) is 2.81. The normalized spacial score (nSPS) is 14.3. The van der Waals surface area contributed by atoms with E-state index in [9.17, 15) is 4.79 Å². The predicted octanol–water partition coefficient (Wildman–Crippen LogP) is 6.99. The summed E-state index contributed by atoms with van der Waals surface area (Å²) in [6.45, 7) is 6.60. The largest absolute Gasteiger partial charge is 0.497 e. The van der Waals surface area contributed by atoms with E-state index in [1.807, 2.05) is 84.1 Å². The standard InChI is InChI=1S/C33H33N5O2/c1-5-29-28-21-37(33(39)34-25-19-22(2)18-23(3)20-25)31(24-13-15-27(40-4)16-14-24)30-12-9-17-36(30)32(28)38(35-29)26-10-7-6-8-11-26/h6-20,31H,5,21H2,1-4H3,(H,34,39)/t31-/m1/s1. The Morgan fingerprint density at radius 2 is 1.70 bits per heavy atom. The van der Waals surface area contributed by atoms with Crippen molar-refractivity contribution >= 4 is 11.7 Å². The van der Waals surface area contributed by atoms with Crippen LogP contribution in [0.5, 0.6) is 5.75 Å². The Morgan fingerprint density at radius 1 is 0.975 bits per heavy atom. The van der Waals surface area contributed by atoms with E-state index < -0.39 is 0 Å². The number of aryl methyl sites for hydroxylation is 3. The van der Waals surface area contributed by atoms with Gasteiger partial charge in [0.05, 0.1) is 36.8 Å². The number of urea groups is 1. The van der Waals surface area contributed by atoms with E-state index in [2.05, 4.69) is 47.3 Å². The molecule has 3 aromatic carbocycles. The van der Waals surface area contributed by atoms with E-state index in [0.717, 1.165) is 63.0 Å². The number of nitrogens with zero attached hydrogens (tertiary/aromatic N) is 4. The molecule has 0 fully saturated rings. The van der Waals surface area contributed by atoms with Crippen LogP contribution in [0.25, 0.3) is 11.5 Å². The molecule has 40 heavy (non-hydrogen) atoms. The molecule has 1 atom stereocenters. The van der Waals surface area contributed by atoms with Crippen LogP contribution < -0.4 is 10.1 Å². The number of nitrogens with one attached hydrogen (secondary N) is 1. The first-order valence-electron chi connectivity index (χ1n) is 13.6. The molecular weight excluding hydrogens is 498 g/mol. The average Bonchev–Trinajstić information content (AvgIpc) is 3.54. The van der Waals surface area contributed by atoms with Crippen molar-refractivity contribution in [2.45, 2.75) is 39.8 Å². The van der Waals surface area contributed by atoms with E-state index in [1.54, 1.807) is 7.11 Å². The second-order valence-electron chi connectivity index (χ2n) is 10.3. The number of carbonyl (C=O) groups is 1. The Kier molecular flexibility index (Phi) is 6.64. The van der Waals surface area contributed by atoms with Gasteiger partial charge in [-0.15, -0.1) is 0 Å². The summed E-state index contributed by atoms with van der Waals surface area (Å²) >= 11 is 0. The van der Waals surface area contributed by atoms with E-state index in [4.69, 9.17) is 9.84 Å². The SMILES string of the molecule is CCc1nn(-c2ccccc2)c2c1CN(C(=O)Nc1cc(C)cc(C)c1)[C@H](c1ccc(OC)cc1)c1cccn1-2. The van der Waals surface area contributed by atoms with Crippen molar-refractivity contribution in [2.24, 2.45) is 0 Å². The van der Waals surface area contributed by atoms with E-state index in [1.165, 1.54) is 0 Å². The van der Waals surface area contributed by atoms with Crippen LogP contribution in [0.4, 0.5) is 10.5 Å². The highest BCUT2D eigenvalue weighted by atomic mass is 16.5. The Labute approximate surface area is 234 Å². The van der Waals surface area contributed by atoms with E-state index >= 15 is 0 Å². The number of ether oxygens (including phenoxy) is 1. The smallest absolute Gasteiger partial charge is 0.322 e. The minimum atomic E-state index is -0.340. The topological polar surface area (TPSA) is 64.3 Å². The molecule has 202 valence electrons. The fourth-order valence-electron chi connectivity index (χ4n) is 5.73. The molecule has 0 radical (unpaired) electrons. The summed E-state index contributed by atoms with van der Waals surface area (Å²) in [5.41, 5.74) is 7.96. The quantitative estimate of drug-likeness (QED) is 0.266. The summed E-state index contributed by atoms with van der Waals surface area (Å²) in [4.78, 5) is 16.1. The Balaban J connectivity index is 1.54. The van der Waals surface area contributed by atoms with Gasteiger partial charge < -0.3 is 19.5 Å². The number of aromatic nitrogens is 3. The van der Waals surface area contributed by atoms with Crippen molar-refractivity contribution in [2.75, 3.05) is 12.4 Å². The van der Waals surface area contributed by atoms with Gasteiger partial charge in [0.1, 0.15) is 11.6 Å². The van der Waals surface area contributed by atoms with Crippen LogP contribution in [0.15, 0.2) is 91.1 Å². The highest BCUT2D eigenvalue weighted by Gasteiger charge is 2.36. The average molecular weight is 532 g/mol. The van der Waals surface area contributed by atoms with Crippen molar-refractivity contribution < 1.29 is 9.53 Å². The molecule has 1 N–H and O–H groups in total. The zero-order chi connectivity index (χ0) is 27.8. The molecule has 0 bridgehead atoms. The molecule has 0 spiro atoms. The third-order valence-electron chi connectivity index (χ3n) is 7.47. The molecule has 0 saturated carbocycles. The Bertz CT molecular complexity index is 1650. The summed E-state index contributed by atoms with van der Waals surface area (Å²) in [5.74, 6) is 1.73. The zero-order valence-electron chi connectivity index (χ0n) is 23.3. The molecule has 2 amide bonds. The predicted molar refractivity (Wildman–Crippen MR) is 158 cm³/mol. The van der Waals surface area contributed by atoms with Gasteiger partial charge in [-0.1, -0.05) is 43.3 Å². The molecule has 7 nitrogen and oxygen atoms in total. The lowest BCUT2D eigenvalue weighted by Crippen LogP contribution is -2.38. The molecular formula is C33H33N5O2. The second-order valence-corrected chi connectivity index (χ2v) is 10.3. The molecule has 2 aromatic heterocycles. The minimum Gasteiger partial charge on any atom is -0.497 e. The van der Waals surface area contributed by atoms with Crippen LogP contribution in [-0.4, -0.2) is 32.4 Å². The lowest BCUT2D eigenvalue weighted by Gasteiger charge is -2.31. The number of anilines is 1. The number of rotatable bonds is 5. The van der Waals surface area contributed by atoms with Gasteiger partial charge in [0.2, 0.25) is 0 Å². The van der Waals surface area contributed by atoms with Gasteiger partial charge in [0, 0.05) is 17.4 Å². The highest BCUT2D eigenvalue weighted by molar-refractivity contribution is 5.90. The maximum Gasteiger partial charge on any atom is 0.322 e. The molecule has 0 aliphatic carbocycles. The van der Waals surface area contributed by atoms with Gasteiger partial charge in [-0.3, -0.25) is 0 Å². The number of benzene rings is 3. The molecule has 3 heterocycles. The van der Waals surface area contributed by atoms with Crippen LogP contribution in [0.1, 0.15) is 46.6 Å². The number of para-hydroxylation sites is 1. The number of methoxy groups -OCH3 is 1. The number of amides is 2. The van der Waals surface area contributed by atoms with Gasteiger partial charge in [0.25, 0.3) is 0 Å². The van der Waals surface area contributed by atoms with E-state index in [0.29, 0.717) is 6.54 Å². The lowest BCUT2D eigenvalue weighted by atomic mass is 10.0. The van der Waals surface area contributed by atoms with Crippen LogP contribution in [0, 0.1) is 13.8 Å². The summed E-state index contributed by atoms with van der Waals surface area (Å²) in [6, 6.07) is 27.9. The zero-order valence-corrected chi connectivity index (χ0v) is 23.3. The van der Waals surface area contributed by atoms with Gasteiger partial charge in [-0.2, -0.15) is 5.10 Å². The van der Waals surface area contributed by atoms with Gasteiger partial charge in [0.15, 0.2) is 0 Å². The van der Waals surface area contributed by atoms with Crippen LogP contribution in [0.2, 0.25) is 0 Å². The van der Waals surface area contributed by atoms with Crippen molar-refractivity contribution in [1.29, 1.82) is 0 Å². The molecule has 0 unspecified atom stereocenters. The van der Waals surface area contributed by atoms with Gasteiger partial charge >= 0.3 is 6.03 Å². The molecule has 1 aliphatic heterocycles. The van der Waals surface area contributed by atoms with Crippen molar-refractivity contribution in [3.63, 3.8) is 0 Å². The minimum absolute atomic E-state index is 0.166. The number of fused-ring (bicyclic) bond motifs is 3. The summed E-state index contributed by atoms with van der Waals surface area (Å²) in [5, 5.41) is 8.24. The molecule has 0 saturated heterocycles. The first kappa shape index (κ1) is 25.5. The summed E-state index contributed by atoms with van der Waals surface area (Å²) in [7, 11) is 1.66. The monoisotopic (exact) mass is 531 g/mol. The second kappa shape index (κ2) is 10.4. The first-order valence-corrected chi connectivity index (χ1v) is 13.6. The van der Waals surface area contributed by atoms with Crippen molar-refractivity contribution in [1.82, 2.24) is 19.2 Å². The van der Waals surface area contributed by atoms with Gasteiger partial charge in [-0.25, -0.2) is 9.48 Å². The number of hydrogen-bond donors (Lipinski definition) is 1. The molecule has 6 rings (SSSR count). The number of carbonyl (C=O) groups excluding carboxylic acids is 1. The van der Waals surface area contributed by atoms with E-state index in [-0.39, 0.29) is 12.1 Å². The van der Waals surface area contributed by atoms with Crippen LogP contribution >= 0.6 is 0 Å². The maximum absolute atomic E-state index is 14.2. The molecule has 1 aliphatic rings. The fourth-order valence-corrected chi connectivity index (χ4v) is 5.73. The summed E-state index contributed by atoms with van der Waals surface area (Å²) < 4.78 is 9.63. The highest BCUT2D eigenvalue weighted by Crippen LogP contribution is 2.39. The Morgan fingerprint density at radius 3 is 2.38 bits per heavy atom. The Hall–Kier alpha value is -4.78. The molecule has 7 heteroatoms. The van der Waals surface area contributed by atoms with Crippen molar-refractivity contribution in [3.05, 3.63) is 125 Å². The maximum atomic E-state index is 14.2.